The first-order valence-electron chi connectivity index (χ1n) is 4.90. The molecule has 0 aliphatic carbocycles. The van der Waals surface area contributed by atoms with Crippen LogP contribution in [0.25, 0.3) is 0 Å². The smallest absolute Gasteiger partial charge is 0.0912 e. The lowest BCUT2D eigenvalue weighted by Crippen LogP contribution is -2.21. The molecular formula is C11H17NOS. The van der Waals surface area contributed by atoms with Gasteiger partial charge in [0.1, 0.15) is 0 Å². The molecule has 1 rings (SSSR count). The van der Waals surface area contributed by atoms with Crippen molar-refractivity contribution in [3.05, 3.63) is 35.4 Å². The summed E-state index contributed by atoms with van der Waals surface area (Å²) in [7, 11) is -0.855. The third-order valence-electron chi connectivity index (χ3n) is 2.06. The highest BCUT2D eigenvalue weighted by Crippen LogP contribution is 2.02. The molecule has 0 spiro atoms. The highest BCUT2D eigenvalue weighted by atomic mass is 32.2. The van der Waals surface area contributed by atoms with Gasteiger partial charge in [0, 0.05) is 12.3 Å². The molecular weight excluding hydrogens is 194 g/mol. The van der Waals surface area contributed by atoms with Crippen molar-refractivity contribution in [2.24, 2.45) is 0 Å². The van der Waals surface area contributed by atoms with Gasteiger partial charge in [0.25, 0.3) is 0 Å². The molecule has 0 saturated heterocycles. The molecule has 78 valence electrons. The summed E-state index contributed by atoms with van der Waals surface area (Å²) in [6, 6.07) is 8.44. The molecule has 0 bridgehead atoms. The summed E-state index contributed by atoms with van der Waals surface area (Å²) in [6.07, 6.45) is 0.937. The zero-order chi connectivity index (χ0) is 10.4. The molecule has 14 heavy (non-hydrogen) atoms. The maximum atomic E-state index is 11.1. The van der Waals surface area contributed by atoms with Crippen molar-refractivity contribution >= 4 is 11.0 Å². The largest absolute Gasteiger partial charge is 0.243 e. The van der Waals surface area contributed by atoms with E-state index in [0.29, 0.717) is 5.75 Å². The second kappa shape index (κ2) is 5.94. The lowest BCUT2D eigenvalue weighted by atomic mass is 10.1. The van der Waals surface area contributed by atoms with Crippen molar-refractivity contribution in [2.75, 3.05) is 12.3 Å². The molecule has 1 atom stereocenters. The molecule has 2 nitrogen and oxygen atoms in total. The topological polar surface area (TPSA) is 29.1 Å². The van der Waals surface area contributed by atoms with Gasteiger partial charge in [0.05, 0.1) is 11.0 Å². The lowest BCUT2D eigenvalue weighted by molar-refractivity contribution is 0.672. The van der Waals surface area contributed by atoms with E-state index in [1.165, 1.54) is 11.1 Å². The van der Waals surface area contributed by atoms with Crippen LogP contribution in [0.2, 0.25) is 0 Å². The van der Waals surface area contributed by atoms with Crippen LogP contribution >= 0.6 is 0 Å². The van der Waals surface area contributed by atoms with Crippen LogP contribution in [0.15, 0.2) is 24.3 Å². The lowest BCUT2D eigenvalue weighted by Gasteiger charge is -2.03. The van der Waals surface area contributed by atoms with Gasteiger partial charge in [-0.1, -0.05) is 36.8 Å². The van der Waals surface area contributed by atoms with Crippen molar-refractivity contribution in [1.82, 2.24) is 4.72 Å². The molecule has 0 aliphatic heterocycles. The molecule has 1 N–H and O–H groups in total. The van der Waals surface area contributed by atoms with E-state index < -0.39 is 11.0 Å². The van der Waals surface area contributed by atoms with Gasteiger partial charge in [-0.3, -0.25) is 0 Å². The SMILES string of the molecule is CCS(=O)NCCc1ccc(C)cc1. The number of hydrogen-bond donors (Lipinski definition) is 1. The predicted octanol–water partition coefficient (Wildman–Crippen LogP) is 1.81. The quantitative estimate of drug-likeness (QED) is 0.790. The Kier molecular flexibility index (Phi) is 4.84. The summed E-state index contributed by atoms with van der Waals surface area (Å²) >= 11 is 0. The van der Waals surface area contributed by atoms with Crippen LogP contribution in [-0.2, 0) is 17.4 Å². The van der Waals surface area contributed by atoms with E-state index in [2.05, 4.69) is 35.9 Å². The molecule has 0 heterocycles. The normalized spacial score (nSPS) is 12.7. The molecule has 0 radical (unpaired) electrons. The summed E-state index contributed by atoms with van der Waals surface area (Å²) in [5, 5.41) is 0. The maximum Gasteiger partial charge on any atom is 0.0912 e. The molecule has 0 aromatic heterocycles. The van der Waals surface area contributed by atoms with Gasteiger partial charge >= 0.3 is 0 Å². The summed E-state index contributed by atoms with van der Waals surface area (Å²) in [6.45, 7) is 4.77. The Morgan fingerprint density at radius 1 is 1.29 bits per heavy atom. The molecule has 0 aliphatic rings. The molecule has 3 heteroatoms. The van der Waals surface area contributed by atoms with Gasteiger partial charge in [0.15, 0.2) is 0 Å². The van der Waals surface area contributed by atoms with Gasteiger partial charge in [-0.05, 0) is 18.9 Å². The van der Waals surface area contributed by atoms with Crippen LogP contribution < -0.4 is 4.72 Å². The number of benzene rings is 1. The van der Waals surface area contributed by atoms with Crippen molar-refractivity contribution in [3.63, 3.8) is 0 Å². The van der Waals surface area contributed by atoms with Crippen LogP contribution in [0.3, 0.4) is 0 Å². The van der Waals surface area contributed by atoms with E-state index in [9.17, 15) is 4.21 Å². The van der Waals surface area contributed by atoms with Crippen molar-refractivity contribution in [1.29, 1.82) is 0 Å². The van der Waals surface area contributed by atoms with Crippen LogP contribution in [-0.4, -0.2) is 16.5 Å². The minimum Gasteiger partial charge on any atom is -0.243 e. The maximum absolute atomic E-state index is 11.1. The molecule has 0 saturated carbocycles. The van der Waals surface area contributed by atoms with Gasteiger partial charge in [-0.15, -0.1) is 0 Å². The first kappa shape index (κ1) is 11.4. The van der Waals surface area contributed by atoms with E-state index in [1.807, 2.05) is 6.92 Å². The number of rotatable bonds is 5. The number of hydrogen-bond acceptors (Lipinski definition) is 1. The number of aryl methyl sites for hydroxylation is 1. The second-order valence-electron chi connectivity index (χ2n) is 3.26. The minimum absolute atomic E-state index is 0.675. The fraction of sp³-hybridized carbons (Fsp3) is 0.455. The summed E-state index contributed by atoms with van der Waals surface area (Å²) < 4.78 is 14.0. The molecule has 0 fully saturated rings. The zero-order valence-electron chi connectivity index (χ0n) is 8.75. The van der Waals surface area contributed by atoms with Crippen LogP contribution in [0, 0.1) is 6.92 Å². The first-order valence-corrected chi connectivity index (χ1v) is 6.21. The summed E-state index contributed by atoms with van der Waals surface area (Å²) in [5.74, 6) is 0.675. The Hall–Kier alpha value is -0.670. The van der Waals surface area contributed by atoms with Crippen molar-refractivity contribution in [3.8, 4) is 0 Å². The predicted molar refractivity (Wildman–Crippen MR) is 61.6 cm³/mol. The van der Waals surface area contributed by atoms with Crippen LogP contribution in [0.5, 0.6) is 0 Å². The summed E-state index contributed by atoms with van der Waals surface area (Å²) in [4.78, 5) is 0. The van der Waals surface area contributed by atoms with Gasteiger partial charge < -0.3 is 0 Å². The summed E-state index contributed by atoms with van der Waals surface area (Å²) in [5.41, 5.74) is 2.56. The fourth-order valence-corrected chi connectivity index (χ4v) is 1.70. The van der Waals surface area contributed by atoms with Crippen molar-refractivity contribution in [2.45, 2.75) is 20.3 Å². The zero-order valence-corrected chi connectivity index (χ0v) is 9.56. The van der Waals surface area contributed by atoms with Crippen molar-refractivity contribution < 1.29 is 4.21 Å². The van der Waals surface area contributed by atoms with Gasteiger partial charge in [-0.25, -0.2) is 8.93 Å². The monoisotopic (exact) mass is 211 g/mol. The Morgan fingerprint density at radius 2 is 1.93 bits per heavy atom. The van der Waals surface area contributed by atoms with Gasteiger partial charge in [-0.2, -0.15) is 0 Å². The van der Waals surface area contributed by atoms with E-state index >= 15 is 0 Å². The second-order valence-corrected chi connectivity index (χ2v) is 4.82. The van der Waals surface area contributed by atoms with E-state index in [1.54, 1.807) is 0 Å². The van der Waals surface area contributed by atoms with Crippen LogP contribution in [0.4, 0.5) is 0 Å². The molecule has 1 aromatic carbocycles. The third kappa shape index (κ3) is 4.03. The molecule has 1 unspecified atom stereocenters. The molecule has 1 aromatic rings. The Bertz CT molecular complexity index is 295. The van der Waals surface area contributed by atoms with Crippen LogP contribution in [0.1, 0.15) is 18.1 Å². The Balaban J connectivity index is 2.31. The Labute approximate surface area is 88.3 Å². The average molecular weight is 211 g/mol. The molecule has 0 amide bonds. The van der Waals surface area contributed by atoms with E-state index in [4.69, 9.17) is 0 Å². The highest BCUT2D eigenvalue weighted by molar-refractivity contribution is 7.82. The third-order valence-corrected chi connectivity index (χ3v) is 3.11. The highest BCUT2D eigenvalue weighted by Gasteiger charge is 1.95. The standard InChI is InChI=1S/C11H17NOS/c1-3-14(13)12-9-8-11-6-4-10(2)5-7-11/h4-7,12H,3,8-9H2,1-2H3. The van der Waals surface area contributed by atoms with E-state index in [-0.39, 0.29) is 0 Å². The average Bonchev–Trinajstić information content (AvgIpc) is 2.21. The fourth-order valence-electron chi connectivity index (χ4n) is 1.17. The Morgan fingerprint density at radius 3 is 2.50 bits per heavy atom. The first-order chi connectivity index (χ1) is 6.72. The van der Waals surface area contributed by atoms with E-state index in [0.717, 1.165) is 13.0 Å². The number of nitrogens with one attached hydrogen (secondary N) is 1. The van der Waals surface area contributed by atoms with Gasteiger partial charge in [0.2, 0.25) is 0 Å². The minimum atomic E-state index is -0.855.